The first kappa shape index (κ1) is 13.4. The van der Waals surface area contributed by atoms with Crippen LogP contribution in [-0.2, 0) is 17.6 Å². The summed E-state index contributed by atoms with van der Waals surface area (Å²) in [6.07, 6.45) is 3.06. The number of hydrogen-bond donors (Lipinski definition) is 1. The molecule has 0 saturated heterocycles. The molecule has 108 valence electrons. The average Bonchev–Trinajstić information content (AvgIpc) is 2.95. The largest absolute Gasteiger partial charge is 0.493 e. The minimum Gasteiger partial charge on any atom is -0.493 e. The van der Waals surface area contributed by atoms with Gasteiger partial charge in [-0.3, -0.25) is 0 Å². The second kappa shape index (κ2) is 5.83. The zero-order chi connectivity index (χ0) is 14.7. The predicted octanol–water partition coefficient (Wildman–Crippen LogP) is 2.00. The van der Waals surface area contributed by atoms with Crippen molar-refractivity contribution in [3.8, 4) is 5.75 Å². The Morgan fingerprint density at radius 3 is 3.05 bits per heavy atom. The second-order valence-corrected chi connectivity index (χ2v) is 4.90. The zero-order valence-electron chi connectivity index (χ0n) is 11.5. The minimum atomic E-state index is -0.431. The van der Waals surface area contributed by atoms with Crippen LogP contribution in [0.3, 0.4) is 0 Å². The van der Waals surface area contributed by atoms with Crippen LogP contribution in [0.5, 0.6) is 5.75 Å². The van der Waals surface area contributed by atoms with Crippen molar-refractivity contribution in [3.63, 3.8) is 0 Å². The Bertz CT molecular complexity index is 653. The van der Waals surface area contributed by atoms with Crippen LogP contribution in [0.4, 0.5) is 5.69 Å². The third kappa shape index (κ3) is 3.13. The standard InChI is InChI=1S/C16H16N2O3/c17-13-2-3-14(18-10-13)16(19)21-7-5-11-1-4-15-12(9-11)6-8-20-15/h1-4,9-10H,5-8,17H2. The summed E-state index contributed by atoms with van der Waals surface area (Å²) in [4.78, 5) is 15.7. The van der Waals surface area contributed by atoms with Gasteiger partial charge in [0.1, 0.15) is 11.4 Å². The number of anilines is 1. The smallest absolute Gasteiger partial charge is 0.356 e. The topological polar surface area (TPSA) is 74.4 Å². The fourth-order valence-corrected chi connectivity index (χ4v) is 2.26. The van der Waals surface area contributed by atoms with Gasteiger partial charge in [-0.05, 0) is 29.3 Å². The van der Waals surface area contributed by atoms with E-state index in [1.807, 2.05) is 12.1 Å². The third-order valence-corrected chi connectivity index (χ3v) is 3.37. The molecule has 3 rings (SSSR count). The van der Waals surface area contributed by atoms with Crippen molar-refractivity contribution in [2.75, 3.05) is 18.9 Å². The van der Waals surface area contributed by atoms with E-state index in [0.717, 1.165) is 24.3 Å². The van der Waals surface area contributed by atoms with Gasteiger partial charge < -0.3 is 15.2 Å². The summed E-state index contributed by atoms with van der Waals surface area (Å²) in [6, 6.07) is 9.27. The van der Waals surface area contributed by atoms with E-state index in [4.69, 9.17) is 15.2 Å². The maximum absolute atomic E-state index is 11.8. The van der Waals surface area contributed by atoms with Gasteiger partial charge in [-0.2, -0.15) is 0 Å². The SMILES string of the molecule is Nc1ccc(C(=O)OCCc2ccc3c(c2)CCO3)nc1. The predicted molar refractivity (Wildman–Crippen MR) is 78.3 cm³/mol. The number of benzene rings is 1. The molecular weight excluding hydrogens is 268 g/mol. The number of fused-ring (bicyclic) bond motifs is 1. The number of rotatable bonds is 4. The van der Waals surface area contributed by atoms with Crippen molar-refractivity contribution in [2.24, 2.45) is 0 Å². The van der Waals surface area contributed by atoms with Crippen LogP contribution in [0, 0.1) is 0 Å². The number of aromatic nitrogens is 1. The molecule has 5 heteroatoms. The summed E-state index contributed by atoms with van der Waals surface area (Å²) in [5, 5.41) is 0. The molecule has 1 aromatic heterocycles. The van der Waals surface area contributed by atoms with Crippen LogP contribution in [0.15, 0.2) is 36.5 Å². The molecule has 1 aliphatic rings. The highest BCUT2D eigenvalue weighted by Gasteiger charge is 2.12. The first-order valence-corrected chi connectivity index (χ1v) is 6.85. The van der Waals surface area contributed by atoms with Crippen molar-refractivity contribution in [1.29, 1.82) is 0 Å². The van der Waals surface area contributed by atoms with E-state index in [-0.39, 0.29) is 5.69 Å². The summed E-state index contributed by atoms with van der Waals surface area (Å²) < 4.78 is 10.7. The first-order chi connectivity index (χ1) is 10.2. The van der Waals surface area contributed by atoms with Crippen LogP contribution in [0.25, 0.3) is 0 Å². The Morgan fingerprint density at radius 2 is 2.24 bits per heavy atom. The molecule has 0 spiro atoms. The molecule has 1 aromatic carbocycles. The lowest BCUT2D eigenvalue weighted by molar-refractivity contribution is 0.0502. The van der Waals surface area contributed by atoms with Crippen LogP contribution in [0.1, 0.15) is 21.6 Å². The van der Waals surface area contributed by atoms with E-state index in [9.17, 15) is 4.79 Å². The summed E-state index contributed by atoms with van der Waals surface area (Å²) in [7, 11) is 0. The van der Waals surface area contributed by atoms with Crippen molar-refractivity contribution in [1.82, 2.24) is 4.98 Å². The fourth-order valence-electron chi connectivity index (χ4n) is 2.26. The van der Waals surface area contributed by atoms with E-state index in [0.29, 0.717) is 18.7 Å². The van der Waals surface area contributed by atoms with Gasteiger partial charge >= 0.3 is 5.97 Å². The van der Waals surface area contributed by atoms with Gasteiger partial charge in [0.05, 0.1) is 25.1 Å². The van der Waals surface area contributed by atoms with E-state index in [1.54, 1.807) is 12.1 Å². The van der Waals surface area contributed by atoms with Crippen LogP contribution in [-0.4, -0.2) is 24.2 Å². The molecule has 0 atom stereocenters. The van der Waals surface area contributed by atoms with Crippen molar-refractivity contribution < 1.29 is 14.3 Å². The molecule has 0 amide bonds. The number of carbonyl (C=O) groups excluding carboxylic acids is 1. The molecule has 0 bridgehead atoms. The van der Waals surface area contributed by atoms with Crippen molar-refractivity contribution in [2.45, 2.75) is 12.8 Å². The lowest BCUT2D eigenvalue weighted by Gasteiger charge is -2.06. The lowest BCUT2D eigenvalue weighted by Crippen LogP contribution is -2.10. The summed E-state index contributed by atoms with van der Waals surface area (Å²) in [6.45, 7) is 1.07. The molecule has 2 heterocycles. The van der Waals surface area contributed by atoms with E-state index < -0.39 is 5.97 Å². The molecule has 2 N–H and O–H groups in total. The van der Waals surface area contributed by atoms with E-state index >= 15 is 0 Å². The second-order valence-electron chi connectivity index (χ2n) is 4.90. The molecule has 21 heavy (non-hydrogen) atoms. The number of carbonyl (C=O) groups is 1. The first-order valence-electron chi connectivity index (χ1n) is 6.85. The lowest BCUT2D eigenvalue weighted by atomic mass is 10.1. The maximum Gasteiger partial charge on any atom is 0.356 e. The molecule has 0 fully saturated rings. The third-order valence-electron chi connectivity index (χ3n) is 3.37. The molecular formula is C16H16N2O3. The van der Waals surface area contributed by atoms with Gasteiger partial charge in [0.15, 0.2) is 0 Å². The minimum absolute atomic E-state index is 0.270. The van der Waals surface area contributed by atoms with E-state index in [1.165, 1.54) is 11.8 Å². The summed E-state index contributed by atoms with van der Waals surface area (Å²) >= 11 is 0. The fraction of sp³-hybridized carbons (Fsp3) is 0.250. The van der Waals surface area contributed by atoms with Gasteiger partial charge in [0.2, 0.25) is 0 Å². The summed E-state index contributed by atoms with van der Waals surface area (Å²) in [5.41, 5.74) is 8.67. The Hall–Kier alpha value is -2.56. The van der Waals surface area contributed by atoms with Crippen LogP contribution >= 0.6 is 0 Å². The average molecular weight is 284 g/mol. The summed E-state index contributed by atoms with van der Waals surface area (Å²) in [5.74, 6) is 0.529. The Balaban J connectivity index is 1.54. The van der Waals surface area contributed by atoms with Crippen LogP contribution in [0.2, 0.25) is 0 Å². The monoisotopic (exact) mass is 284 g/mol. The van der Waals surface area contributed by atoms with Gasteiger partial charge in [0.25, 0.3) is 0 Å². The van der Waals surface area contributed by atoms with Gasteiger partial charge in [-0.25, -0.2) is 9.78 Å². The quantitative estimate of drug-likeness (QED) is 0.869. The van der Waals surface area contributed by atoms with Gasteiger partial charge in [-0.1, -0.05) is 12.1 Å². The van der Waals surface area contributed by atoms with Crippen LogP contribution < -0.4 is 10.5 Å². The number of ether oxygens (including phenoxy) is 2. The zero-order valence-corrected chi connectivity index (χ0v) is 11.5. The number of pyridine rings is 1. The Kier molecular flexibility index (Phi) is 3.73. The number of esters is 1. The van der Waals surface area contributed by atoms with Crippen molar-refractivity contribution in [3.05, 3.63) is 53.3 Å². The van der Waals surface area contributed by atoms with Gasteiger partial charge in [0, 0.05) is 12.8 Å². The number of nitrogens with zero attached hydrogens (tertiary/aromatic N) is 1. The van der Waals surface area contributed by atoms with E-state index in [2.05, 4.69) is 11.1 Å². The molecule has 0 aliphatic carbocycles. The Labute approximate surface area is 122 Å². The normalized spacial score (nSPS) is 12.6. The molecule has 0 radical (unpaired) electrons. The maximum atomic E-state index is 11.8. The van der Waals surface area contributed by atoms with Crippen molar-refractivity contribution >= 4 is 11.7 Å². The number of nitrogens with two attached hydrogens (primary N) is 1. The number of hydrogen-bond acceptors (Lipinski definition) is 5. The highest BCUT2D eigenvalue weighted by atomic mass is 16.5. The molecule has 0 unspecified atom stereocenters. The highest BCUT2D eigenvalue weighted by molar-refractivity contribution is 5.87. The Morgan fingerprint density at radius 1 is 1.33 bits per heavy atom. The molecule has 1 aliphatic heterocycles. The molecule has 5 nitrogen and oxygen atoms in total. The molecule has 0 saturated carbocycles. The number of nitrogen functional groups attached to an aromatic ring is 1. The van der Waals surface area contributed by atoms with Gasteiger partial charge in [-0.15, -0.1) is 0 Å². The highest BCUT2D eigenvalue weighted by Crippen LogP contribution is 2.25. The molecule has 2 aromatic rings.